The highest BCUT2D eigenvalue weighted by atomic mass is 19.1. The first-order chi connectivity index (χ1) is 8.09. The zero-order valence-electron chi connectivity index (χ0n) is 12.0. The minimum absolute atomic E-state index is 0.0260. The van der Waals surface area contributed by atoms with Gasteiger partial charge in [0.05, 0.1) is 5.60 Å². The third kappa shape index (κ3) is 5.15. The number of halogens is 1. The molecule has 0 saturated heterocycles. The van der Waals surface area contributed by atoms with E-state index in [1.54, 1.807) is 13.0 Å². The van der Waals surface area contributed by atoms with E-state index in [2.05, 4.69) is 26.1 Å². The van der Waals surface area contributed by atoms with Gasteiger partial charge in [0.25, 0.3) is 0 Å². The predicted octanol–water partition coefficient (Wildman–Crippen LogP) is 2.82. The minimum Gasteiger partial charge on any atom is -0.389 e. The molecule has 2 nitrogen and oxygen atoms in total. The molecule has 0 saturated carbocycles. The van der Waals surface area contributed by atoms with E-state index >= 15 is 0 Å². The summed E-state index contributed by atoms with van der Waals surface area (Å²) >= 11 is 0. The van der Waals surface area contributed by atoms with Crippen molar-refractivity contribution in [1.82, 2.24) is 5.32 Å². The number of aliphatic hydroxyl groups is 1. The van der Waals surface area contributed by atoms with Gasteiger partial charge in [0.1, 0.15) is 5.82 Å². The maximum absolute atomic E-state index is 13.0. The number of hydrogen-bond acceptors (Lipinski definition) is 2. The SMILES string of the molecule is Cc1cc(F)ccc1CC(C)(O)CNC(C)(C)C. The second-order valence-electron chi connectivity index (χ2n) is 6.35. The van der Waals surface area contributed by atoms with Gasteiger partial charge in [0.2, 0.25) is 0 Å². The van der Waals surface area contributed by atoms with Crippen molar-refractivity contribution in [3.63, 3.8) is 0 Å². The summed E-state index contributed by atoms with van der Waals surface area (Å²) in [5, 5.41) is 13.7. The summed E-state index contributed by atoms with van der Waals surface area (Å²) in [6, 6.07) is 4.69. The van der Waals surface area contributed by atoms with Crippen molar-refractivity contribution < 1.29 is 9.50 Å². The first-order valence-corrected chi connectivity index (χ1v) is 6.31. The fourth-order valence-electron chi connectivity index (χ4n) is 1.79. The lowest BCUT2D eigenvalue weighted by Gasteiger charge is -2.30. The first-order valence-electron chi connectivity index (χ1n) is 6.31. The molecule has 1 aromatic carbocycles. The summed E-state index contributed by atoms with van der Waals surface area (Å²) in [5.74, 6) is -0.233. The van der Waals surface area contributed by atoms with Crippen LogP contribution in [-0.4, -0.2) is 22.8 Å². The third-order valence-electron chi connectivity index (χ3n) is 2.88. The Hall–Kier alpha value is -0.930. The van der Waals surface area contributed by atoms with Gasteiger partial charge in [-0.15, -0.1) is 0 Å². The summed E-state index contributed by atoms with van der Waals surface area (Å²) in [6.07, 6.45) is 0.516. The Kier molecular flexibility index (Phi) is 4.51. The average Bonchev–Trinajstić information content (AvgIpc) is 2.19. The Morgan fingerprint density at radius 1 is 1.22 bits per heavy atom. The summed E-state index contributed by atoms with van der Waals surface area (Å²) < 4.78 is 13.0. The van der Waals surface area contributed by atoms with Gasteiger partial charge in [0, 0.05) is 18.5 Å². The van der Waals surface area contributed by atoms with Gasteiger partial charge < -0.3 is 10.4 Å². The zero-order chi connectivity index (χ0) is 14.0. The van der Waals surface area contributed by atoms with Crippen LogP contribution < -0.4 is 5.32 Å². The molecule has 3 heteroatoms. The number of rotatable bonds is 4. The lowest BCUT2D eigenvalue weighted by Crippen LogP contribution is -2.47. The van der Waals surface area contributed by atoms with Crippen LogP contribution >= 0.6 is 0 Å². The van der Waals surface area contributed by atoms with Crippen LogP contribution in [0.5, 0.6) is 0 Å². The molecule has 0 aliphatic rings. The van der Waals surface area contributed by atoms with Crippen molar-refractivity contribution in [3.05, 3.63) is 35.1 Å². The molecule has 0 spiro atoms. The second-order valence-corrected chi connectivity index (χ2v) is 6.35. The summed E-state index contributed by atoms with van der Waals surface area (Å²) in [4.78, 5) is 0. The zero-order valence-corrected chi connectivity index (χ0v) is 12.0. The second kappa shape index (κ2) is 5.37. The molecule has 102 valence electrons. The van der Waals surface area contributed by atoms with Crippen LogP contribution in [0.15, 0.2) is 18.2 Å². The minimum atomic E-state index is -0.837. The van der Waals surface area contributed by atoms with Crippen LogP contribution in [0.4, 0.5) is 4.39 Å². The van der Waals surface area contributed by atoms with Gasteiger partial charge in [-0.1, -0.05) is 6.07 Å². The van der Waals surface area contributed by atoms with E-state index in [1.807, 2.05) is 6.92 Å². The molecule has 0 fully saturated rings. The number of β-amino-alcohol motifs (C(OH)–C–C–N with tert-alkyl or cyclic N) is 1. The van der Waals surface area contributed by atoms with Gasteiger partial charge in [0.15, 0.2) is 0 Å². The molecular formula is C15H24FNO. The molecule has 1 aromatic rings. The van der Waals surface area contributed by atoms with E-state index in [0.717, 1.165) is 11.1 Å². The Balaban J connectivity index is 2.70. The van der Waals surface area contributed by atoms with E-state index in [-0.39, 0.29) is 11.4 Å². The Bertz CT molecular complexity index is 407. The molecule has 1 atom stereocenters. The van der Waals surface area contributed by atoms with E-state index in [4.69, 9.17) is 0 Å². The molecule has 0 bridgehead atoms. The van der Waals surface area contributed by atoms with Gasteiger partial charge in [-0.3, -0.25) is 0 Å². The maximum Gasteiger partial charge on any atom is 0.123 e. The lowest BCUT2D eigenvalue weighted by molar-refractivity contribution is 0.0533. The van der Waals surface area contributed by atoms with Crippen molar-refractivity contribution in [2.45, 2.75) is 52.2 Å². The Labute approximate surface area is 109 Å². The van der Waals surface area contributed by atoms with Crippen LogP contribution in [0.2, 0.25) is 0 Å². The van der Waals surface area contributed by atoms with Crippen LogP contribution in [0.1, 0.15) is 38.8 Å². The van der Waals surface area contributed by atoms with Crippen molar-refractivity contribution in [3.8, 4) is 0 Å². The molecule has 0 radical (unpaired) electrons. The standard InChI is InChI=1S/C15H24FNO/c1-11-8-13(16)7-6-12(11)9-15(5,18)10-17-14(2,3)4/h6-8,17-18H,9-10H2,1-5H3. The molecule has 0 aliphatic carbocycles. The smallest absolute Gasteiger partial charge is 0.123 e. The van der Waals surface area contributed by atoms with Crippen LogP contribution in [0.3, 0.4) is 0 Å². The van der Waals surface area contributed by atoms with E-state index in [0.29, 0.717) is 13.0 Å². The summed E-state index contributed by atoms with van der Waals surface area (Å²) in [7, 11) is 0. The lowest BCUT2D eigenvalue weighted by atomic mass is 9.92. The van der Waals surface area contributed by atoms with Crippen LogP contribution in [-0.2, 0) is 6.42 Å². The predicted molar refractivity (Wildman–Crippen MR) is 73.2 cm³/mol. The largest absolute Gasteiger partial charge is 0.389 e. The van der Waals surface area contributed by atoms with Crippen molar-refractivity contribution >= 4 is 0 Å². The highest BCUT2D eigenvalue weighted by molar-refractivity contribution is 5.28. The molecular weight excluding hydrogens is 229 g/mol. The highest BCUT2D eigenvalue weighted by Gasteiger charge is 2.24. The molecule has 18 heavy (non-hydrogen) atoms. The van der Waals surface area contributed by atoms with E-state index < -0.39 is 5.60 Å². The van der Waals surface area contributed by atoms with Gasteiger partial charge in [-0.2, -0.15) is 0 Å². The molecule has 1 unspecified atom stereocenters. The average molecular weight is 253 g/mol. The van der Waals surface area contributed by atoms with E-state index in [1.165, 1.54) is 12.1 Å². The fraction of sp³-hybridized carbons (Fsp3) is 0.600. The van der Waals surface area contributed by atoms with Crippen molar-refractivity contribution in [2.75, 3.05) is 6.54 Å². The fourth-order valence-corrected chi connectivity index (χ4v) is 1.79. The van der Waals surface area contributed by atoms with Gasteiger partial charge in [-0.25, -0.2) is 4.39 Å². The topological polar surface area (TPSA) is 32.3 Å². The maximum atomic E-state index is 13.0. The normalized spacial score (nSPS) is 15.5. The Morgan fingerprint density at radius 2 is 1.83 bits per heavy atom. The van der Waals surface area contributed by atoms with Crippen LogP contribution in [0.25, 0.3) is 0 Å². The highest BCUT2D eigenvalue weighted by Crippen LogP contribution is 2.18. The number of nitrogens with one attached hydrogen (secondary N) is 1. The third-order valence-corrected chi connectivity index (χ3v) is 2.88. The molecule has 0 aromatic heterocycles. The molecule has 2 N–H and O–H groups in total. The van der Waals surface area contributed by atoms with Crippen molar-refractivity contribution in [2.24, 2.45) is 0 Å². The molecule has 0 amide bonds. The Morgan fingerprint density at radius 3 is 2.33 bits per heavy atom. The number of aryl methyl sites for hydroxylation is 1. The summed E-state index contributed by atoms with van der Waals surface area (Å²) in [6.45, 7) is 10.4. The number of hydrogen-bond donors (Lipinski definition) is 2. The molecule has 1 rings (SSSR count). The van der Waals surface area contributed by atoms with Crippen molar-refractivity contribution in [1.29, 1.82) is 0 Å². The molecule has 0 heterocycles. The van der Waals surface area contributed by atoms with Gasteiger partial charge in [-0.05, 0) is 57.9 Å². The van der Waals surface area contributed by atoms with E-state index in [9.17, 15) is 9.50 Å². The number of benzene rings is 1. The first kappa shape index (κ1) is 15.1. The van der Waals surface area contributed by atoms with Crippen LogP contribution in [0, 0.1) is 12.7 Å². The monoisotopic (exact) mass is 253 g/mol. The van der Waals surface area contributed by atoms with Gasteiger partial charge >= 0.3 is 0 Å². The summed E-state index contributed by atoms with van der Waals surface area (Å²) in [5.41, 5.74) is 1.00. The quantitative estimate of drug-likeness (QED) is 0.865. The molecule has 0 aliphatic heterocycles.